The topological polar surface area (TPSA) is 52.7 Å². The second kappa shape index (κ2) is 9.83. The summed E-state index contributed by atoms with van der Waals surface area (Å²) in [5, 5.41) is 2.83. The Morgan fingerprint density at radius 3 is 2.33 bits per heavy atom. The molecule has 1 N–H and O–H groups in total. The highest BCUT2D eigenvalue weighted by Gasteiger charge is 2.14. The van der Waals surface area contributed by atoms with Crippen molar-refractivity contribution in [2.24, 2.45) is 0 Å². The normalized spacial score (nSPS) is 10.7. The summed E-state index contributed by atoms with van der Waals surface area (Å²) in [6.45, 7) is 5.87. The Labute approximate surface area is 159 Å². The fourth-order valence-corrected chi connectivity index (χ4v) is 2.83. The molecule has 0 fully saturated rings. The molecule has 0 bridgehead atoms. The number of carbonyl (C=O) groups is 2. The summed E-state index contributed by atoms with van der Waals surface area (Å²) in [6.07, 6.45) is 0. The Hall–Kier alpha value is -2.73. The summed E-state index contributed by atoms with van der Waals surface area (Å²) in [7, 11) is 1.82. The van der Waals surface area contributed by atoms with E-state index in [1.807, 2.05) is 25.8 Å². The lowest BCUT2D eigenvalue weighted by atomic mass is 10.1. The number of hydrogen-bond donors (Lipinski definition) is 1. The highest BCUT2D eigenvalue weighted by Crippen LogP contribution is 2.13. The summed E-state index contributed by atoms with van der Waals surface area (Å²) in [5.74, 6) is -0.505. The number of anilines is 1. The molecule has 144 valence electrons. The molecule has 0 heterocycles. The van der Waals surface area contributed by atoms with Crippen molar-refractivity contribution in [3.05, 3.63) is 65.5 Å². The number of carbonyl (C=O) groups excluding carboxylic acids is 2. The molecule has 27 heavy (non-hydrogen) atoms. The third-order valence-electron chi connectivity index (χ3n) is 4.22. The van der Waals surface area contributed by atoms with E-state index in [4.69, 9.17) is 0 Å². The maximum absolute atomic E-state index is 13.0. The zero-order chi connectivity index (χ0) is 19.8. The smallest absolute Gasteiger partial charge is 0.253 e. The number of hydrogen-bond acceptors (Lipinski definition) is 3. The highest BCUT2D eigenvalue weighted by molar-refractivity contribution is 5.97. The van der Waals surface area contributed by atoms with Crippen LogP contribution in [0.25, 0.3) is 0 Å². The van der Waals surface area contributed by atoms with Crippen LogP contribution in [-0.4, -0.2) is 48.3 Å². The molecule has 6 heteroatoms. The van der Waals surface area contributed by atoms with Gasteiger partial charge in [-0.05, 0) is 56.8 Å². The molecule has 2 rings (SSSR count). The summed E-state index contributed by atoms with van der Waals surface area (Å²) in [5.41, 5.74) is 2.07. The fourth-order valence-electron chi connectivity index (χ4n) is 2.83. The second-order valence-electron chi connectivity index (χ2n) is 6.41. The zero-order valence-corrected chi connectivity index (χ0v) is 16.0. The fraction of sp³-hybridized carbons (Fsp3) is 0.333. The lowest BCUT2D eigenvalue weighted by molar-refractivity contribution is -0.117. The van der Waals surface area contributed by atoms with Gasteiger partial charge in [0.2, 0.25) is 5.91 Å². The van der Waals surface area contributed by atoms with Crippen LogP contribution in [0.2, 0.25) is 0 Å². The molecule has 0 saturated carbocycles. The van der Waals surface area contributed by atoms with Gasteiger partial charge in [0.15, 0.2) is 0 Å². The van der Waals surface area contributed by atoms with Gasteiger partial charge in [0, 0.05) is 30.9 Å². The van der Waals surface area contributed by atoms with Gasteiger partial charge in [0.1, 0.15) is 5.82 Å². The van der Waals surface area contributed by atoms with Crippen molar-refractivity contribution in [2.45, 2.75) is 20.4 Å². The first-order valence-electron chi connectivity index (χ1n) is 9.05. The maximum atomic E-state index is 13.0. The van der Waals surface area contributed by atoms with Crippen LogP contribution in [0.1, 0.15) is 29.8 Å². The predicted octanol–water partition coefficient (Wildman–Crippen LogP) is 3.38. The van der Waals surface area contributed by atoms with Crippen molar-refractivity contribution in [2.75, 3.05) is 32.0 Å². The van der Waals surface area contributed by atoms with E-state index in [-0.39, 0.29) is 24.2 Å². The molecule has 0 aromatic heterocycles. The summed E-state index contributed by atoms with van der Waals surface area (Å²) in [4.78, 5) is 28.3. The Morgan fingerprint density at radius 1 is 1.04 bits per heavy atom. The number of benzene rings is 2. The van der Waals surface area contributed by atoms with Gasteiger partial charge in [-0.15, -0.1) is 0 Å². The molecule has 5 nitrogen and oxygen atoms in total. The molecule has 2 aromatic rings. The van der Waals surface area contributed by atoms with Gasteiger partial charge in [-0.25, -0.2) is 4.39 Å². The molecule has 2 amide bonds. The van der Waals surface area contributed by atoms with Gasteiger partial charge >= 0.3 is 0 Å². The SMILES string of the molecule is CCN(CC)C(=O)c1cccc(NC(=O)CN(C)Cc2ccc(F)cc2)c1. The standard InChI is InChI=1S/C21H26FN3O2/c1-4-25(5-2)21(27)17-7-6-8-19(13-17)23-20(26)15-24(3)14-16-9-11-18(22)12-10-16/h6-13H,4-5,14-15H2,1-3H3,(H,23,26). The molecule has 0 saturated heterocycles. The molecule has 0 aliphatic rings. The van der Waals surface area contributed by atoms with E-state index in [0.717, 1.165) is 5.56 Å². The largest absolute Gasteiger partial charge is 0.339 e. The van der Waals surface area contributed by atoms with Gasteiger partial charge in [0.05, 0.1) is 6.54 Å². The third-order valence-corrected chi connectivity index (χ3v) is 4.22. The zero-order valence-electron chi connectivity index (χ0n) is 16.0. The molecule has 0 aliphatic heterocycles. The van der Waals surface area contributed by atoms with Crippen LogP contribution < -0.4 is 5.32 Å². The minimum Gasteiger partial charge on any atom is -0.339 e. The van der Waals surface area contributed by atoms with Crippen molar-refractivity contribution in [1.82, 2.24) is 9.80 Å². The molecule has 0 radical (unpaired) electrons. The second-order valence-corrected chi connectivity index (χ2v) is 6.41. The molecular weight excluding hydrogens is 345 g/mol. The van der Waals surface area contributed by atoms with E-state index in [0.29, 0.717) is 30.9 Å². The number of rotatable bonds is 8. The lowest BCUT2D eigenvalue weighted by Crippen LogP contribution is -2.31. The van der Waals surface area contributed by atoms with Crippen molar-refractivity contribution >= 4 is 17.5 Å². The first kappa shape index (κ1) is 20.6. The minimum absolute atomic E-state index is 0.0514. The summed E-state index contributed by atoms with van der Waals surface area (Å²) >= 11 is 0. The summed E-state index contributed by atoms with van der Waals surface area (Å²) in [6, 6.07) is 13.2. The van der Waals surface area contributed by atoms with Crippen LogP contribution in [0, 0.1) is 5.82 Å². The lowest BCUT2D eigenvalue weighted by Gasteiger charge is -2.19. The Morgan fingerprint density at radius 2 is 1.70 bits per heavy atom. The molecular formula is C21H26FN3O2. The molecule has 2 aromatic carbocycles. The van der Waals surface area contributed by atoms with Crippen LogP contribution in [-0.2, 0) is 11.3 Å². The van der Waals surface area contributed by atoms with Crippen LogP contribution in [0.4, 0.5) is 10.1 Å². The Balaban J connectivity index is 1.94. The highest BCUT2D eigenvalue weighted by atomic mass is 19.1. The number of amides is 2. The predicted molar refractivity (Wildman–Crippen MR) is 105 cm³/mol. The average Bonchev–Trinajstić information content (AvgIpc) is 2.64. The van der Waals surface area contributed by atoms with Crippen LogP contribution >= 0.6 is 0 Å². The number of halogens is 1. The number of likely N-dealkylation sites (N-methyl/N-ethyl adjacent to an activating group) is 1. The minimum atomic E-state index is -0.279. The van der Waals surface area contributed by atoms with Crippen molar-refractivity contribution in [1.29, 1.82) is 0 Å². The maximum Gasteiger partial charge on any atom is 0.253 e. The number of nitrogens with one attached hydrogen (secondary N) is 1. The van der Waals surface area contributed by atoms with E-state index >= 15 is 0 Å². The molecule has 0 spiro atoms. The molecule has 0 unspecified atom stereocenters. The quantitative estimate of drug-likeness (QED) is 0.774. The number of nitrogens with zero attached hydrogens (tertiary/aromatic N) is 2. The average molecular weight is 371 g/mol. The monoisotopic (exact) mass is 371 g/mol. The van der Waals surface area contributed by atoms with E-state index in [1.54, 1.807) is 41.3 Å². The van der Waals surface area contributed by atoms with E-state index < -0.39 is 0 Å². The Bertz CT molecular complexity index is 773. The van der Waals surface area contributed by atoms with Gasteiger partial charge in [-0.2, -0.15) is 0 Å². The van der Waals surface area contributed by atoms with E-state index in [9.17, 15) is 14.0 Å². The van der Waals surface area contributed by atoms with Crippen LogP contribution in [0.3, 0.4) is 0 Å². The van der Waals surface area contributed by atoms with Gasteiger partial charge in [0.25, 0.3) is 5.91 Å². The van der Waals surface area contributed by atoms with Crippen molar-refractivity contribution in [3.63, 3.8) is 0 Å². The van der Waals surface area contributed by atoms with Crippen molar-refractivity contribution < 1.29 is 14.0 Å². The first-order chi connectivity index (χ1) is 12.9. The van der Waals surface area contributed by atoms with Crippen LogP contribution in [0.5, 0.6) is 0 Å². The van der Waals surface area contributed by atoms with Gasteiger partial charge in [-0.3, -0.25) is 14.5 Å². The first-order valence-corrected chi connectivity index (χ1v) is 9.05. The molecule has 0 atom stereocenters. The summed E-state index contributed by atoms with van der Waals surface area (Å²) < 4.78 is 13.0. The van der Waals surface area contributed by atoms with Crippen LogP contribution in [0.15, 0.2) is 48.5 Å². The third kappa shape index (κ3) is 6.18. The van der Waals surface area contributed by atoms with Gasteiger partial charge < -0.3 is 10.2 Å². The van der Waals surface area contributed by atoms with E-state index in [2.05, 4.69) is 5.32 Å². The van der Waals surface area contributed by atoms with E-state index in [1.165, 1.54) is 12.1 Å². The van der Waals surface area contributed by atoms with Gasteiger partial charge in [-0.1, -0.05) is 18.2 Å². The van der Waals surface area contributed by atoms with Crippen molar-refractivity contribution in [3.8, 4) is 0 Å². The molecule has 0 aliphatic carbocycles. The Kier molecular flexibility index (Phi) is 7.49.